The number of rotatable bonds is 5. The molecule has 1 aromatic heterocycles. The zero-order valence-corrected chi connectivity index (χ0v) is 14.0. The van der Waals surface area contributed by atoms with E-state index < -0.39 is 5.82 Å². The van der Waals surface area contributed by atoms with E-state index in [0.717, 1.165) is 5.56 Å². The van der Waals surface area contributed by atoms with Crippen LogP contribution in [-0.2, 0) is 11.3 Å². The molecule has 128 valence electrons. The van der Waals surface area contributed by atoms with Crippen LogP contribution >= 0.6 is 11.6 Å². The number of carbonyl (C=O) groups excluding carboxylic acids is 1. The molecule has 25 heavy (non-hydrogen) atoms. The standard InChI is InChI=1S/C17H14ClFN4O2/c1-10(24)21-13-6-7-14(19)15(8-13)20-9-16-22-17(23-25-16)11-2-4-12(18)5-3-11/h2-8,20H,9H2,1H3,(H,21,24). The summed E-state index contributed by atoms with van der Waals surface area (Å²) in [7, 11) is 0. The molecule has 2 N–H and O–H groups in total. The Morgan fingerprint density at radius 2 is 2.00 bits per heavy atom. The van der Waals surface area contributed by atoms with Crippen molar-refractivity contribution in [3.8, 4) is 11.4 Å². The van der Waals surface area contributed by atoms with E-state index in [-0.39, 0.29) is 18.1 Å². The lowest BCUT2D eigenvalue weighted by molar-refractivity contribution is -0.114. The minimum atomic E-state index is -0.452. The number of anilines is 2. The quantitative estimate of drug-likeness (QED) is 0.716. The average Bonchev–Trinajstić information content (AvgIpc) is 3.04. The number of hydrogen-bond donors (Lipinski definition) is 2. The van der Waals surface area contributed by atoms with Crippen molar-refractivity contribution in [1.82, 2.24) is 10.1 Å². The fourth-order valence-electron chi connectivity index (χ4n) is 2.16. The molecule has 0 saturated carbocycles. The third-order valence-electron chi connectivity index (χ3n) is 3.29. The second-order valence-corrected chi connectivity index (χ2v) is 5.68. The smallest absolute Gasteiger partial charge is 0.246 e. The van der Waals surface area contributed by atoms with Gasteiger partial charge in [0.15, 0.2) is 0 Å². The van der Waals surface area contributed by atoms with Gasteiger partial charge >= 0.3 is 0 Å². The zero-order valence-electron chi connectivity index (χ0n) is 13.2. The van der Waals surface area contributed by atoms with Gasteiger partial charge in [-0.15, -0.1) is 0 Å². The number of amides is 1. The molecule has 8 heteroatoms. The first-order valence-electron chi connectivity index (χ1n) is 7.41. The molecule has 0 saturated heterocycles. The van der Waals surface area contributed by atoms with Crippen molar-refractivity contribution in [1.29, 1.82) is 0 Å². The first-order chi connectivity index (χ1) is 12.0. The van der Waals surface area contributed by atoms with Crippen LogP contribution in [0.4, 0.5) is 15.8 Å². The van der Waals surface area contributed by atoms with Crippen LogP contribution in [0.15, 0.2) is 47.0 Å². The molecular weight excluding hydrogens is 347 g/mol. The topological polar surface area (TPSA) is 80.0 Å². The molecule has 2 aromatic carbocycles. The van der Waals surface area contributed by atoms with E-state index >= 15 is 0 Å². The summed E-state index contributed by atoms with van der Waals surface area (Å²) in [5.41, 5.74) is 1.47. The molecule has 3 aromatic rings. The molecule has 0 spiro atoms. The van der Waals surface area contributed by atoms with Gasteiger partial charge in [0.25, 0.3) is 0 Å². The van der Waals surface area contributed by atoms with Crippen molar-refractivity contribution in [3.05, 3.63) is 59.2 Å². The first kappa shape index (κ1) is 16.9. The average molecular weight is 361 g/mol. The van der Waals surface area contributed by atoms with Gasteiger partial charge in [-0.1, -0.05) is 16.8 Å². The number of nitrogens with zero attached hydrogens (tertiary/aromatic N) is 2. The van der Waals surface area contributed by atoms with Crippen molar-refractivity contribution in [2.75, 3.05) is 10.6 Å². The molecule has 0 aliphatic heterocycles. The Morgan fingerprint density at radius 3 is 2.72 bits per heavy atom. The van der Waals surface area contributed by atoms with E-state index in [9.17, 15) is 9.18 Å². The van der Waals surface area contributed by atoms with Gasteiger partial charge in [-0.25, -0.2) is 4.39 Å². The SMILES string of the molecule is CC(=O)Nc1ccc(F)c(NCc2nc(-c3ccc(Cl)cc3)no2)c1. The van der Waals surface area contributed by atoms with Gasteiger partial charge in [0.2, 0.25) is 17.6 Å². The molecule has 1 heterocycles. The Balaban J connectivity index is 1.70. The fourth-order valence-corrected chi connectivity index (χ4v) is 2.28. The van der Waals surface area contributed by atoms with E-state index in [0.29, 0.717) is 22.4 Å². The molecule has 0 atom stereocenters. The molecule has 0 radical (unpaired) electrons. The van der Waals surface area contributed by atoms with Crippen molar-refractivity contribution in [2.45, 2.75) is 13.5 Å². The van der Waals surface area contributed by atoms with Crippen molar-refractivity contribution < 1.29 is 13.7 Å². The van der Waals surface area contributed by atoms with Crippen LogP contribution in [0.5, 0.6) is 0 Å². The van der Waals surface area contributed by atoms with Crippen LogP contribution in [-0.4, -0.2) is 16.0 Å². The summed E-state index contributed by atoms with van der Waals surface area (Å²) in [6.07, 6.45) is 0. The minimum Gasteiger partial charge on any atom is -0.374 e. The summed E-state index contributed by atoms with van der Waals surface area (Å²) < 4.78 is 19.0. The maximum atomic E-state index is 13.9. The highest BCUT2D eigenvalue weighted by atomic mass is 35.5. The number of halogens is 2. The molecule has 1 amide bonds. The summed E-state index contributed by atoms with van der Waals surface area (Å²) in [4.78, 5) is 15.3. The first-order valence-corrected chi connectivity index (χ1v) is 7.78. The van der Waals surface area contributed by atoms with E-state index in [1.54, 1.807) is 24.3 Å². The lowest BCUT2D eigenvalue weighted by atomic mass is 10.2. The highest BCUT2D eigenvalue weighted by Crippen LogP contribution is 2.22. The number of carbonyl (C=O) groups is 1. The Morgan fingerprint density at radius 1 is 1.24 bits per heavy atom. The molecule has 0 unspecified atom stereocenters. The number of nitrogens with one attached hydrogen (secondary N) is 2. The fraction of sp³-hybridized carbons (Fsp3) is 0.118. The summed E-state index contributed by atoms with van der Waals surface area (Å²) in [6.45, 7) is 1.52. The van der Waals surface area contributed by atoms with Crippen molar-refractivity contribution in [3.63, 3.8) is 0 Å². The monoisotopic (exact) mass is 360 g/mol. The van der Waals surface area contributed by atoms with Gasteiger partial charge in [-0.05, 0) is 42.5 Å². The zero-order chi connectivity index (χ0) is 17.8. The van der Waals surface area contributed by atoms with Crippen LogP contribution < -0.4 is 10.6 Å². The molecule has 3 rings (SSSR count). The Hall–Kier alpha value is -2.93. The van der Waals surface area contributed by atoms with Crippen molar-refractivity contribution in [2.24, 2.45) is 0 Å². The summed E-state index contributed by atoms with van der Waals surface area (Å²) >= 11 is 5.84. The summed E-state index contributed by atoms with van der Waals surface area (Å²) in [6, 6.07) is 11.3. The second kappa shape index (κ2) is 7.31. The van der Waals surface area contributed by atoms with E-state index in [4.69, 9.17) is 16.1 Å². The van der Waals surface area contributed by atoms with Gasteiger partial charge in [-0.3, -0.25) is 4.79 Å². The molecule has 0 aliphatic carbocycles. The van der Waals surface area contributed by atoms with Gasteiger partial charge in [0, 0.05) is 23.2 Å². The van der Waals surface area contributed by atoms with E-state index in [1.165, 1.54) is 25.1 Å². The van der Waals surface area contributed by atoms with Gasteiger partial charge < -0.3 is 15.2 Å². The van der Waals surface area contributed by atoms with Crippen LogP contribution in [0.2, 0.25) is 5.02 Å². The minimum absolute atomic E-state index is 0.140. The van der Waals surface area contributed by atoms with Crippen molar-refractivity contribution >= 4 is 28.9 Å². The third-order valence-corrected chi connectivity index (χ3v) is 3.54. The van der Waals surface area contributed by atoms with Gasteiger partial charge in [0.05, 0.1) is 12.2 Å². The van der Waals surface area contributed by atoms with Crippen LogP contribution in [0, 0.1) is 5.82 Å². The van der Waals surface area contributed by atoms with Crippen LogP contribution in [0.25, 0.3) is 11.4 Å². The Bertz CT molecular complexity index is 896. The lowest BCUT2D eigenvalue weighted by Crippen LogP contribution is -2.07. The predicted molar refractivity (Wildman–Crippen MR) is 92.8 cm³/mol. The predicted octanol–water partition coefficient (Wildman–Crippen LogP) is 4.10. The Labute approximate surface area is 148 Å². The van der Waals surface area contributed by atoms with Gasteiger partial charge in [-0.2, -0.15) is 4.98 Å². The summed E-state index contributed by atoms with van der Waals surface area (Å²) in [5.74, 6) is 0.0313. The number of aromatic nitrogens is 2. The van der Waals surface area contributed by atoms with Gasteiger partial charge in [0.1, 0.15) is 5.82 Å². The van der Waals surface area contributed by atoms with E-state index in [1.807, 2.05) is 0 Å². The lowest BCUT2D eigenvalue weighted by Gasteiger charge is -2.08. The molecule has 0 fully saturated rings. The largest absolute Gasteiger partial charge is 0.374 e. The highest BCUT2D eigenvalue weighted by molar-refractivity contribution is 6.30. The Kier molecular flexibility index (Phi) is 4.95. The highest BCUT2D eigenvalue weighted by Gasteiger charge is 2.10. The summed E-state index contributed by atoms with van der Waals surface area (Å²) in [5, 5.41) is 9.97. The van der Waals surface area contributed by atoms with E-state index in [2.05, 4.69) is 20.8 Å². The molecular formula is C17H14ClFN4O2. The molecule has 0 bridgehead atoms. The van der Waals surface area contributed by atoms with Crippen LogP contribution in [0.1, 0.15) is 12.8 Å². The third kappa shape index (κ3) is 4.33. The maximum Gasteiger partial charge on any atom is 0.246 e. The van der Waals surface area contributed by atoms with Crippen LogP contribution in [0.3, 0.4) is 0 Å². The normalized spacial score (nSPS) is 10.5. The maximum absolute atomic E-state index is 13.9. The number of hydrogen-bond acceptors (Lipinski definition) is 5. The number of benzene rings is 2. The molecule has 0 aliphatic rings. The second-order valence-electron chi connectivity index (χ2n) is 5.25. The molecule has 6 nitrogen and oxygen atoms in total.